The van der Waals surface area contributed by atoms with E-state index in [0.717, 1.165) is 12.1 Å². The number of amides is 1. The van der Waals surface area contributed by atoms with E-state index in [2.05, 4.69) is 0 Å². The molecule has 0 spiro atoms. The molecule has 0 radical (unpaired) electrons. The molecule has 0 unspecified atom stereocenters. The monoisotopic (exact) mass is 217 g/mol. The Morgan fingerprint density at radius 1 is 1.43 bits per heavy atom. The number of carbonyl (C=O) groups excluding carboxylic acids is 1. The van der Waals surface area contributed by atoms with Crippen molar-refractivity contribution in [1.29, 1.82) is 0 Å². The molecule has 0 saturated carbocycles. The third-order valence-corrected chi connectivity index (χ3v) is 3.12. The lowest BCUT2D eigenvalue weighted by Gasteiger charge is -2.01. The van der Waals surface area contributed by atoms with E-state index >= 15 is 0 Å². The number of carbonyl (C=O) groups is 1. The molecule has 1 aromatic rings. The van der Waals surface area contributed by atoms with E-state index in [1.54, 1.807) is 0 Å². The van der Waals surface area contributed by atoms with Crippen LogP contribution in [0, 0.1) is 5.82 Å². The number of halogens is 1. The first kappa shape index (κ1) is 10.6. The number of nitrogens with two attached hydrogens (primary N) is 1. The first-order valence-electron chi connectivity index (χ1n) is 3.68. The molecule has 1 aromatic carbocycles. The van der Waals surface area contributed by atoms with Crippen LogP contribution in [0.1, 0.15) is 0 Å². The van der Waals surface area contributed by atoms with Crippen molar-refractivity contribution in [3.05, 3.63) is 30.1 Å². The van der Waals surface area contributed by atoms with Crippen LogP contribution in [0.4, 0.5) is 4.39 Å². The molecular formula is C8H8FNO3S. The average molecular weight is 217 g/mol. The van der Waals surface area contributed by atoms with Gasteiger partial charge in [0.2, 0.25) is 5.91 Å². The summed E-state index contributed by atoms with van der Waals surface area (Å²) < 4.78 is 35.3. The number of primary amides is 1. The molecule has 0 aliphatic heterocycles. The molecule has 4 nitrogen and oxygen atoms in total. The van der Waals surface area contributed by atoms with Crippen LogP contribution in [0.3, 0.4) is 0 Å². The largest absolute Gasteiger partial charge is 0.369 e. The molecule has 2 N–H and O–H groups in total. The minimum Gasteiger partial charge on any atom is -0.369 e. The molecule has 0 aromatic heterocycles. The summed E-state index contributed by atoms with van der Waals surface area (Å²) in [5, 5.41) is 0. The van der Waals surface area contributed by atoms with Crippen LogP contribution in [0.15, 0.2) is 29.2 Å². The molecule has 0 atom stereocenters. The maximum absolute atomic E-state index is 12.7. The van der Waals surface area contributed by atoms with Gasteiger partial charge in [0.25, 0.3) is 0 Å². The predicted molar refractivity (Wildman–Crippen MR) is 47.6 cm³/mol. The van der Waals surface area contributed by atoms with Gasteiger partial charge in [-0.25, -0.2) is 12.8 Å². The fourth-order valence-electron chi connectivity index (χ4n) is 0.931. The maximum atomic E-state index is 12.7. The Labute approximate surface area is 80.5 Å². The Kier molecular flexibility index (Phi) is 2.85. The number of hydrogen-bond acceptors (Lipinski definition) is 3. The van der Waals surface area contributed by atoms with E-state index < -0.39 is 27.3 Å². The number of benzene rings is 1. The summed E-state index contributed by atoms with van der Waals surface area (Å²) >= 11 is 0. The molecule has 1 amide bonds. The van der Waals surface area contributed by atoms with Crippen LogP contribution in [-0.4, -0.2) is 20.1 Å². The summed E-state index contributed by atoms with van der Waals surface area (Å²) in [5.41, 5.74) is 4.74. The smallest absolute Gasteiger partial charge is 0.233 e. The zero-order valence-corrected chi connectivity index (χ0v) is 7.92. The zero-order chi connectivity index (χ0) is 10.8. The van der Waals surface area contributed by atoms with Gasteiger partial charge in [-0.1, -0.05) is 6.07 Å². The van der Waals surface area contributed by atoms with Crippen molar-refractivity contribution >= 4 is 15.7 Å². The van der Waals surface area contributed by atoms with Gasteiger partial charge in [-0.15, -0.1) is 0 Å². The highest BCUT2D eigenvalue weighted by atomic mass is 32.2. The molecule has 0 heterocycles. The summed E-state index contributed by atoms with van der Waals surface area (Å²) in [5.74, 6) is -2.44. The van der Waals surface area contributed by atoms with Crippen molar-refractivity contribution in [2.24, 2.45) is 5.73 Å². The Bertz CT molecular complexity index is 455. The topological polar surface area (TPSA) is 77.2 Å². The Hall–Kier alpha value is -1.43. The van der Waals surface area contributed by atoms with Crippen LogP contribution in [0.25, 0.3) is 0 Å². The second-order valence-corrected chi connectivity index (χ2v) is 4.67. The van der Waals surface area contributed by atoms with E-state index in [0.29, 0.717) is 0 Å². The minimum absolute atomic E-state index is 0.240. The van der Waals surface area contributed by atoms with E-state index in [9.17, 15) is 17.6 Å². The molecule has 1 rings (SSSR count). The molecular weight excluding hydrogens is 209 g/mol. The summed E-state index contributed by atoms with van der Waals surface area (Å²) in [6.45, 7) is 0. The van der Waals surface area contributed by atoms with Crippen LogP contribution in [-0.2, 0) is 14.6 Å². The predicted octanol–water partition coefficient (Wildman–Crippen LogP) is 0.0847. The lowest BCUT2D eigenvalue weighted by Crippen LogP contribution is -2.23. The Balaban J connectivity index is 3.11. The molecule has 0 aliphatic carbocycles. The van der Waals surface area contributed by atoms with E-state index in [1.165, 1.54) is 12.1 Å². The summed E-state index contributed by atoms with van der Waals surface area (Å²) in [6.07, 6.45) is 0. The van der Waals surface area contributed by atoms with Crippen molar-refractivity contribution < 1.29 is 17.6 Å². The quantitative estimate of drug-likeness (QED) is 0.779. The fraction of sp³-hybridized carbons (Fsp3) is 0.125. The first-order valence-corrected chi connectivity index (χ1v) is 5.34. The number of sulfone groups is 1. The van der Waals surface area contributed by atoms with Gasteiger partial charge in [-0.3, -0.25) is 4.79 Å². The van der Waals surface area contributed by atoms with Crippen molar-refractivity contribution in [2.45, 2.75) is 4.90 Å². The van der Waals surface area contributed by atoms with Gasteiger partial charge in [0, 0.05) is 0 Å². The summed E-state index contributed by atoms with van der Waals surface area (Å²) in [7, 11) is -3.80. The average Bonchev–Trinajstić information content (AvgIpc) is 2.01. The van der Waals surface area contributed by atoms with Gasteiger partial charge >= 0.3 is 0 Å². The summed E-state index contributed by atoms with van der Waals surface area (Å²) in [4.78, 5) is 10.2. The minimum atomic E-state index is -3.80. The zero-order valence-electron chi connectivity index (χ0n) is 7.10. The third-order valence-electron chi connectivity index (χ3n) is 1.49. The highest BCUT2D eigenvalue weighted by Gasteiger charge is 2.17. The van der Waals surface area contributed by atoms with Gasteiger partial charge in [0.15, 0.2) is 9.84 Å². The van der Waals surface area contributed by atoms with E-state index in [4.69, 9.17) is 5.73 Å². The summed E-state index contributed by atoms with van der Waals surface area (Å²) in [6, 6.07) is 4.42. The molecule has 76 valence electrons. The second-order valence-electron chi connectivity index (χ2n) is 2.68. The van der Waals surface area contributed by atoms with Crippen molar-refractivity contribution in [2.75, 3.05) is 5.75 Å². The van der Waals surface area contributed by atoms with E-state index in [1.807, 2.05) is 0 Å². The van der Waals surface area contributed by atoms with Crippen molar-refractivity contribution in [3.63, 3.8) is 0 Å². The number of rotatable bonds is 3. The standard InChI is InChI=1S/C8H8FNO3S/c9-6-2-1-3-7(4-6)14(12,13)5-8(10)11/h1-4H,5H2,(H2,10,11). The molecule has 0 saturated heterocycles. The molecule has 0 fully saturated rings. The van der Waals surface area contributed by atoms with Crippen molar-refractivity contribution in [3.8, 4) is 0 Å². The van der Waals surface area contributed by atoms with Gasteiger partial charge in [-0.05, 0) is 18.2 Å². The third kappa shape index (κ3) is 2.53. The van der Waals surface area contributed by atoms with Crippen LogP contribution < -0.4 is 5.73 Å². The van der Waals surface area contributed by atoms with Crippen LogP contribution >= 0.6 is 0 Å². The first-order chi connectivity index (χ1) is 6.42. The molecule has 6 heteroatoms. The van der Waals surface area contributed by atoms with Gasteiger partial charge in [0.05, 0.1) is 4.90 Å². The molecule has 0 aliphatic rings. The normalized spacial score (nSPS) is 11.2. The maximum Gasteiger partial charge on any atom is 0.233 e. The molecule has 0 bridgehead atoms. The van der Waals surface area contributed by atoms with E-state index in [-0.39, 0.29) is 4.90 Å². The Morgan fingerprint density at radius 3 is 2.57 bits per heavy atom. The fourth-order valence-corrected chi connectivity index (χ4v) is 2.05. The second kappa shape index (κ2) is 3.75. The highest BCUT2D eigenvalue weighted by Crippen LogP contribution is 2.11. The molecule has 14 heavy (non-hydrogen) atoms. The van der Waals surface area contributed by atoms with Gasteiger partial charge in [0.1, 0.15) is 11.6 Å². The van der Waals surface area contributed by atoms with Crippen LogP contribution in [0.5, 0.6) is 0 Å². The van der Waals surface area contributed by atoms with Crippen molar-refractivity contribution in [1.82, 2.24) is 0 Å². The van der Waals surface area contributed by atoms with Gasteiger partial charge in [-0.2, -0.15) is 0 Å². The van der Waals surface area contributed by atoms with Gasteiger partial charge < -0.3 is 5.73 Å². The SMILES string of the molecule is NC(=O)CS(=O)(=O)c1cccc(F)c1. The lowest BCUT2D eigenvalue weighted by atomic mass is 10.4. The highest BCUT2D eigenvalue weighted by molar-refractivity contribution is 7.92. The van der Waals surface area contributed by atoms with Crippen LogP contribution in [0.2, 0.25) is 0 Å². The lowest BCUT2D eigenvalue weighted by molar-refractivity contribution is -0.115. The Morgan fingerprint density at radius 2 is 2.07 bits per heavy atom. The number of hydrogen-bond donors (Lipinski definition) is 1.